The Morgan fingerprint density at radius 1 is 1.06 bits per heavy atom. The fraction of sp³-hybridized carbons (Fsp3) is 0.545. The smallest absolute Gasteiger partial charge is 0.232 e. The highest BCUT2D eigenvalue weighted by Gasteiger charge is 2.30. The van der Waals surface area contributed by atoms with Crippen molar-refractivity contribution >= 4 is 67.3 Å². The molecule has 2 aliphatic rings. The summed E-state index contributed by atoms with van der Waals surface area (Å²) in [7, 11) is 1.75. The van der Waals surface area contributed by atoms with Gasteiger partial charge in [-0.1, -0.05) is 0 Å². The van der Waals surface area contributed by atoms with Crippen molar-refractivity contribution in [1.29, 1.82) is 0 Å². The Morgan fingerprint density at radius 2 is 1.77 bits per heavy atom. The van der Waals surface area contributed by atoms with E-state index in [2.05, 4.69) is 25.2 Å². The minimum atomic E-state index is -3.86. The summed E-state index contributed by atoms with van der Waals surface area (Å²) in [5, 5.41) is 16.4. The number of likely N-dealkylation sites (N-methyl/N-ethyl adjacent to an activating group) is 1. The number of rotatable bonds is 15. The summed E-state index contributed by atoms with van der Waals surface area (Å²) < 4.78 is 52.2. The number of hydrogen-bond donors (Lipinski definition) is 1. The summed E-state index contributed by atoms with van der Waals surface area (Å²) >= 11 is 1.46. The minimum absolute atomic E-state index is 0.0296. The second-order valence-corrected chi connectivity index (χ2v) is 15.6. The molecule has 1 aliphatic carbocycles. The molecule has 1 unspecified atom stereocenters. The second-order valence-electron chi connectivity index (χ2n) is 13.4. The molecule has 6 rings (SSSR count). The molecule has 4 aromatic heterocycles. The van der Waals surface area contributed by atoms with Crippen molar-refractivity contribution in [3.05, 3.63) is 47.8 Å². The van der Waals surface area contributed by atoms with Crippen LogP contribution in [0.2, 0.25) is 0 Å². The Balaban J connectivity index is 1.23. The lowest BCUT2D eigenvalue weighted by Gasteiger charge is -2.32. The first-order valence-electron chi connectivity index (χ1n) is 17.3. The van der Waals surface area contributed by atoms with Crippen LogP contribution < -0.4 is 29.2 Å². The molecule has 53 heavy (non-hydrogen) atoms. The molecule has 0 amide bonds. The summed E-state index contributed by atoms with van der Waals surface area (Å²) in [5.41, 5.74) is 1.40. The molecule has 1 saturated carbocycles. The van der Waals surface area contributed by atoms with Crippen molar-refractivity contribution < 1.29 is 25.8 Å². The summed E-state index contributed by atoms with van der Waals surface area (Å²) in [5.74, 6) is 2.25. The first-order chi connectivity index (χ1) is 25.4. The largest absolute Gasteiger partial charge is 0.730 e. The van der Waals surface area contributed by atoms with Crippen molar-refractivity contribution in [2.45, 2.75) is 50.8 Å². The van der Waals surface area contributed by atoms with E-state index in [4.69, 9.17) is 27.3 Å². The molecule has 0 bridgehead atoms. The van der Waals surface area contributed by atoms with E-state index in [-0.39, 0.29) is 23.3 Å². The normalized spacial score (nSPS) is 18.6. The van der Waals surface area contributed by atoms with E-state index >= 15 is 0 Å². The Kier molecular flexibility index (Phi) is 12.5. The SMILES string of the molecule is CC(c1cnc(N([O-])OI)n1C)N(c1cnc2cc(N3CCOCC3)nc(OC3CCC(Nc4ncc(OCCN(C)C)cn4)CC3)c2c1)S(C)(=O)=O. The predicted molar refractivity (Wildman–Crippen MR) is 209 cm³/mol. The number of hydrogen-bond acceptors (Lipinski definition) is 16. The number of nitrogens with zero attached hydrogens (tertiary/aromatic N) is 10. The van der Waals surface area contributed by atoms with Crippen LogP contribution in [-0.4, -0.2) is 115 Å². The number of sulfonamides is 1. The fourth-order valence-electron chi connectivity index (χ4n) is 6.53. The molecule has 1 N–H and O–H groups in total. The maximum atomic E-state index is 13.4. The highest BCUT2D eigenvalue weighted by Crippen LogP contribution is 2.37. The van der Waals surface area contributed by atoms with E-state index in [0.717, 1.165) is 38.5 Å². The zero-order chi connectivity index (χ0) is 37.7. The van der Waals surface area contributed by atoms with Gasteiger partial charge in [-0.3, -0.25) is 14.5 Å². The highest BCUT2D eigenvalue weighted by atomic mass is 127. The number of anilines is 4. The van der Waals surface area contributed by atoms with Crippen LogP contribution in [0.1, 0.15) is 44.3 Å². The monoisotopic (exact) mass is 866 g/mol. The van der Waals surface area contributed by atoms with Crippen LogP contribution >= 0.6 is 23.0 Å². The molecule has 0 aromatic carbocycles. The molecule has 18 nitrogen and oxygen atoms in total. The third kappa shape index (κ3) is 9.46. The highest BCUT2D eigenvalue weighted by molar-refractivity contribution is 14.1. The third-order valence-electron chi connectivity index (χ3n) is 9.29. The van der Waals surface area contributed by atoms with Crippen LogP contribution in [0.25, 0.3) is 10.9 Å². The Bertz CT molecular complexity index is 1940. The lowest BCUT2D eigenvalue weighted by molar-refractivity contribution is 0.122. The van der Waals surface area contributed by atoms with Crippen molar-refractivity contribution in [1.82, 2.24) is 34.4 Å². The quantitative estimate of drug-likeness (QED) is 0.134. The van der Waals surface area contributed by atoms with Gasteiger partial charge in [0.2, 0.25) is 27.8 Å². The molecule has 288 valence electrons. The molecular formula is C33H45IN11O7S-. The maximum Gasteiger partial charge on any atom is 0.232 e. The topological polar surface area (TPSA) is 188 Å². The summed E-state index contributed by atoms with van der Waals surface area (Å²) in [6, 6.07) is 3.05. The summed E-state index contributed by atoms with van der Waals surface area (Å²) in [6.45, 7) is 5.59. The van der Waals surface area contributed by atoms with Gasteiger partial charge in [-0.2, -0.15) is 4.98 Å². The van der Waals surface area contributed by atoms with Gasteiger partial charge in [0.25, 0.3) is 0 Å². The molecule has 1 aliphatic heterocycles. The van der Waals surface area contributed by atoms with E-state index in [1.165, 1.54) is 44.3 Å². The van der Waals surface area contributed by atoms with Crippen LogP contribution in [-0.2, 0) is 25.0 Å². The molecular weight excluding hydrogens is 821 g/mol. The van der Waals surface area contributed by atoms with Crippen molar-refractivity contribution in [2.24, 2.45) is 7.05 Å². The molecule has 2 fully saturated rings. The molecule has 5 heterocycles. The third-order valence-corrected chi connectivity index (χ3v) is 10.9. The van der Waals surface area contributed by atoms with Crippen LogP contribution in [0.15, 0.2) is 36.9 Å². The number of pyridine rings is 2. The Morgan fingerprint density at radius 3 is 2.43 bits per heavy atom. The van der Waals surface area contributed by atoms with Crippen molar-refractivity contribution in [3.8, 4) is 11.6 Å². The first-order valence-corrected chi connectivity index (χ1v) is 20.1. The lowest BCUT2D eigenvalue weighted by atomic mass is 9.93. The van der Waals surface area contributed by atoms with E-state index < -0.39 is 16.1 Å². The van der Waals surface area contributed by atoms with E-state index in [1.54, 1.807) is 32.4 Å². The van der Waals surface area contributed by atoms with Gasteiger partial charge < -0.3 is 39.1 Å². The number of halogens is 1. The van der Waals surface area contributed by atoms with Gasteiger partial charge >= 0.3 is 0 Å². The Labute approximate surface area is 323 Å². The van der Waals surface area contributed by atoms with Gasteiger partial charge in [0, 0.05) is 38.8 Å². The number of morpholine rings is 1. The lowest BCUT2D eigenvalue weighted by Crippen LogP contribution is -2.37. The Hall–Kier alpha value is -3.83. The van der Waals surface area contributed by atoms with Gasteiger partial charge in [0.15, 0.2) is 5.75 Å². The average molecular weight is 867 g/mol. The molecule has 0 radical (unpaired) electrons. The van der Waals surface area contributed by atoms with E-state index in [0.29, 0.717) is 78.6 Å². The predicted octanol–water partition coefficient (Wildman–Crippen LogP) is 3.85. The van der Waals surface area contributed by atoms with Gasteiger partial charge in [0.05, 0.1) is 72.6 Å². The number of imidazole rings is 1. The number of ether oxygens (including phenoxy) is 3. The average Bonchev–Trinajstić information content (AvgIpc) is 3.53. The zero-order valence-corrected chi connectivity index (χ0v) is 33.4. The second kappa shape index (κ2) is 17.1. The standard InChI is InChI=1S/C33H45IN11O7S/c1-22(29-21-38-33(42(29)4)45(46)52-34)44(53(5,47)48)24-16-27-28(35-18-24)17-30(43-11-13-49-14-12-43)40-31(27)51-25-8-6-23(7-9-25)39-32-36-19-26(20-37-32)50-15-10-41(2)3/h16-23,25H,6-15H2,1-5H3,(H,36,37,39)/q-1. The molecule has 4 aromatic rings. The van der Waals surface area contributed by atoms with E-state index in [9.17, 15) is 13.6 Å². The number of fused-ring (bicyclic) bond motifs is 1. The maximum absolute atomic E-state index is 13.4. The molecule has 1 saturated heterocycles. The van der Waals surface area contributed by atoms with Crippen LogP contribution in [0.4, 0.5) is 23.4 Å². The van der Waals surface area contributed by atoms with Gasteiger partial charge in [-0.05, 0) is 52.8 Å². The van der Waals surface area contributed by atoms with Crippen molar-refractivity contribution in [3.63, 3.8) is 0 Å². The van der Waals surface area contributed by atoms with Gasteiger partial charge in [0.1, 0.15) is 41.5 Å². The van der Waals surface area contributed by atoms with Crippen LogP contribution in [0.3, 0.4) is 0 Å². The zero-order valence-electron chi connectivity index (χ0n) is 30.4. The van der Waals surface area contributed by atoms with Crippen LogP contribution in [0, 0.1) is 5.21 Å². The van der Waals surface area contributed by atoms with Gasteiger partial charge in [-0.15, -0.1) is 0 Å². The van der Waals surface area contributed by atoms with E-state index in [1.807, 2.05) is 25.1 Å². The summed E-state index contributed by atoms with van der Waals surface area (Å²) in [6.07, 6.45) is 10.5. The molecule has 1 atom stereocenters. The van der Waals surface area contributed by atoms with Gasteiger partial charge in [-0.25, -0.2) is 26.5 Å². The van der Waals surface area contributed by atoms with Crippen molar-refractivity contribution in [2.75, 3.05) is 79.6 Å². The molecule has 20 heteroatoms. The number of aromatic nitrogens is 6. The first kappa shape index (κ1) is 38.9. The van der Waals surface area contributed by atoms with Crippen LogP contribution in [0.5, 0.6) is 11.6 Å². The fourth-order valence-corrected chi connectivity index (χ4v) is 7.88. The minimum Gasteiger partial charge on any atom is -0.730 e. The number of nitrogens with one attached hydrogen (secondary N) is 1. The molecule has 0 spiro atoms. The summed E-state index contributed by atoms with van der Waals surface area (Å²) in [4.78, 5) is 26.9.